The molecule has 2 aliphatic rings. The Hall–Kier alpha value is -3.44. The molecule has 0 saturated carbocycles. The number of nitrogens with zero attached hydrogens (tertiary/aromatic N) is 3. The number of benzene rings is 3. The minimum Gasteiger partial charge on any atom is -0.338 e. The van der Waals surface area contributed by atoms with Crippen LogP contribution in [0.15, 0.2) is 84.9 Å². The highest BCUT2D eigenvalue weighted by Gasteiger charge is 2.40. The largest absolute Gasteiger partial charge is 0.338 e. The lowest BCUT2D eigenvalue weighted by Crippen LogP contribution is -2.55. The number of fused-ring (bicyclic) bond motifs is 1. The first-order valence-corrected chi connectivity index (χ1v) is 11.2. The molecule has 0 N–H and O–H groups in total. The van der Waals surface area contributed by atoms with E-state index in [1.54, 1.807) is 4.90 Å². The smallest absolute Gasteiger partial charge is 0.259 e. The molecule has 1 atom stereocenters. The zero-order chi connectivity index (χ0) is 21.9. The van der Waals surface area contributed by atoms with Gasteiger partial charge in [-0.25, -0.2) is 0 Å². The van der Waals surface area contributed by atoms with E-state index >= 15 is 0 Å². The summed E-state index contributed by atoms with van der Waals surface area (Å²) >= 11 is 0. The summed E-state index contributed by atoms with van der Waals surface area (Å²) in [6.45, 7) is 3.95. The summed E-state index contributed by atoms with van der Waals surface area (Å²) in [5.74, 6) is -0.0681. The number of hydrogen-bond donors (Lipinski definition) is 0. The Bertz CT molecular complexity index is 1090. The van der Waals surface area contributed by atoms with Crippen LogP contribution < -0.4 is 4.90 Å². The molecule has 5 rings (SSSR count). The highest BCUT2D eigenvalue weighted by atomic mass is 16.2. The van der Waals surface area contributed by atoms with Gasteiger partial charge in [-0.15, -0.1) is 0 Å². The van der Waals surface area contributed by atoms with E-state index in [9.17, 15) is 9.59 Å². The number of para-hydroxylation sites is 1. The predicted octanol–water partition coefficient (Wildman–Crippen LogP) is 3.60. The van der Waals surface area contributed by atoms with Crippen molar-refractivity contribution in [1.82, 2.24) is 9.80 Å². The average Bonchev–Trinajstić information content (AvgIpc) is 3.24. The van der Waals surface area contributed by atoms with Gasteiger partial charge < -0.3 is 4.90 Å². The van der Waals surface area contributed by atoms with Crippen LogP contribution in [0.5, 0.6) is 0 Å². The van der Waals surface area contributed by atoms with Gasteiger partial charge in [-0.3, -0.25) is 19.4 Å². The van der Waals surface area contributed by atoms with E-state index in [1.807, 2.05) is 65.6 Å². The maximum absolute atomic E-state index is 13.6. The lowest BCUT2D eigenvalue weighted by molar-refractivity contribution is -0.134. The lowest BCUT2D eigenvalue weighted by Gasteiger charge is -2.37. The van der Waals surface area contributed by atoms with E-state index in [1.165, 1.54) is 5.56 Å². The van der Waals surface area contributed by atoms with Crippen molar-refractivity contribution in [3.05, 3.63) is 102 Å². The van der Waals surface area contributed by atoms with Gasteiger partial charge >= 0.3 is 0 Å². The van der Waals surface area contributed by atoms with Gasteiger partial charge in [-0.2, -0.15) is 0 Å². The molecule has 3 aromatic carbocycles. The van der Waals surface area contributed by atoms with Crippen LogP contribution in [-0.2, 0) is 17.8 Å². The minimum absolute atomic E-state index is 0.0462. The van der Waals surface area contributed by atoms with Gasteiger partial charge in [0, 0.05) is 50.4 Å². The molecule has 2 aliphatic heterocycles. The normalized spacial score (nSPS) is 18.4. The highest BCUT2D eigenvalue weighted by molar-refractivity contribution is 6.11. The Morgan fingerprint density at radius 2 is 1.38 bits per heavy atom. The number of anilines is 1. The van der Waals surface area contributed by atoms with Crippen molar-refractivity contribution in [2.75, 3.05) is 31.1 Å². The summed E-state index contributed by atoms with van der Waals surface area (Å²) in [5.41, 5.74) is 3.80. The number of amides is 2. The van der Waals surface area contributed by atoms with Crippen molar-refractivity contribution in [3.8, 4) is 0 Å². The molecule has 162 valence electrons. The fraction of sp³-hybridized carbons (Fsp3) is 0.259. The zero-order valence-electron chi connectivity index (χ0n) is 18.1. The van der Waals surface area contributed by atoms with Crippen LogP contribution in [0.25, 0.3) is 0 Å². The van der Waals surface area contributed by atoms with Crippen molar-refractivity contribution in [2.45, 2.75) is 19.0 Å². The van der Waals surface area contributed by atoms with Gasteiger partial charge in [0.2, 0.25) is 5.91 Å². The topological polar surface area (TPSA) is 43.9 Å². The van der Waals surface area contributed by atoms with Crippen LogP contribution in [0, 0.1) is 0 Å². The van der Waals surface area contributed by atoms with Gasteiger partial charge in [0.15, 0.2) is 0 Å². The number of carbonyl (C=O) groups excluding carboxylic acids is 2. The van der Waals surface area contributed by atoms with Gasteiger partial charge in [0.05, 0.1) is 0 Å². The molecule has 0 aliphatic carbocycles. The fourth-order valence-corrected chi connectivity index (χ4v) is 4.73. The highest BCUT2D eigenvalue weighted by Crippen LogP contribution is 2.34. The van der Waals surface area contributed by atoms with Crippen molar-refractivity contribution in [2.24, 2.45) is 0 Å². The van der Waals surface area contributed by atoms with E-state index in [4.69, 9.17) is 0 Å². The summed E-state index contributed by atoms with van der Waals surface area (Å²) in [5, 5.41) is 0. The van der Waals surface area contributed by atoms with E-state index < -0.39 is 6.04 Å². The first-order chi connectivity index (χ1) is 15.7. The van der Waals surface area contributed by atoms with Gasteiger partial charge in [-0.1, -0.05) is 66.7 Å². The van der Waals surface area contributed by atoms with Crippen LogP contribution in [0.4, 0.5) is 5.69 Å². The van der Waals surface area contributed by atoms with Gasteiger partial charge in [0.1, 0.15) is 6.04 Å². The molecule has 0 radical (unpaired) electrons. The number of rotatable bonds is 4. The lowest BCUT2D eigenvalue weighted by atomic mass is 10.1. The Morgan fingerprint density at radius 1 is 0.750 bits per heavy atom. The standard InChI is InChI=1S/C27H27N3O2/c31-26(22-11-5-2-6-12-22)30-24-14-8-7-13-23(24)19-25(30)27(32)29-17-15-28(16-18-29)20-21-9-3-1-4-10-21/h1-14,25H,15-20H2/t25-/m0/s1. The molecule has 1 saturated heterocycles. The molecule has 1 fully saturated rings. The predicted molar refractivity (Wildman–Crippen MR) is 125 cm³/mol. The minimum atomic E-state index is -0.485. The quantitative estimate of drug-likeness (QED) is 0.642. The van der Waals surface area contributed by atoms with Crippen LogP contribution in [0.1, 0.15) is 21.5 Å². The number of hydrogen-bond acceptors (Lipinski definition) is 3. The molecule has 32 heavy (non-hydrogen) atoms. The second-order valence-electron chi connectivity index (χ2n) is 8.48. The molecule has 5 nitrogen and oxygen atoms in total. The molecule has 5 heteroatoms. The molecule has 3 aromatic rings. The molecule has 2 heterocycles. The second-order valence-corrected chi connectivity index (χ2v) is 8.48. The van der Waals surface area contributed by atoms with Crippen LogP contribution in [-0.4, -0.2) is 53.8 Å². The van der Waals surface area contributed by atoms with Crippen LogP contribution in [0.3, 0.4) is 0 Å². The van der Waals surface area contributed by atoms with Crippen LogP contribution in [0.2, 0.25) is 0 Å². The molecule has 2 amide bonds. The van der Waals surface area contributed by atoms with Crippen LogP contribution >= 0.6 is 0 Å². The number of piperazine rings is 1. The third kappa shape index (κ3) is 4.04. The zero-order valence-corrected chi connectivity index (χ0v) is 18.1. The van der Waals surface area contributed by atoms with Crippen molar-refractivity contribution < 1.29 is 9.59 Å². The van der Waals surface area contributed by atoms with Gasteiger partial charge in [-0.05, 0) is 29.3 Å². The molecule has 0 aromatic heterocycles. The molecular formula is C27H27N3O2. The molecular weight excluding hydrogens is 398 g/mol. The first-order valence-electron chi connectivity index (χ1n) is 11.2. The van der Waals surface area contributed by atoms with E-state index in [-0.39, 0.29) is 11.8 Å². The number of carbonyl (C=O) groups is 2. The van der Waals surface area contributed by atoms with Crippen molar-refractivity contribution >= 4 is 17.5 Å². The van der Waals surface area contributed by atoms with E-state index in [2.05, 4.69) is 29.2 Å². The maximum Gasteiger partial charge on any atom is 0.259 e. The van der Waals surface area contributed by atoms with Crippen molar-refractivity contribution in [1.29, 1.82) is 0 Å². The fourth-order valence-electron chi connectivity index (χ4n) is 4.73. The molecule has 0 spiro atoms. The summed E-state index contributed by atoms with van der Waals surface area (Å²) < 4.78 is 0. The molecule has 0 unspecified atom stereocenters. The SMILES string of the molecule is O=C([C@@H]1Cc2ccccc2N1C(=O)c1ccccc1)N1CCN(Cc2ccccc2)CC1. The Kier molecular flexibility index (Phi) is 5.73. The first kappa shape index (κ1) is 20.5. The molecule has 0 bridgehead atoms. The monoisotopic (exact) mass is 425 g/mol. The summed E-state index contributed by atoms with van der Waals surface area (Å²) in [6, 6.07) is 27.0. The Morgan fingerprint density at radius 3 is 2.09 bits per heavy atom. The second kappa shape index (κ2) is 8.97. The Labute approximate surface area is 188 Å². The maximum atomic E-state index is 13.6. The third-order valence-corrected chi connectivity index (χ3v) is 6.43. The summed E-state index contributed by atoms with van der Waals surface area (Å²) in [4.78, 5) is 33.0. The third-order valence-electron chi connectivity index (χ3n) is 6.43. The summed E-state index contributed by atoms with van der Waals surface area (Å²) in [7, 11) is 0. The van der Waals surface area contributed by atoms with E-state index in [0.717, 1.165) is 30.9 Å². The van der Waals surface area contributed by atoms with E-state index in [0.29, 0.717) is 25.1 Å². The Balaban J connectivity index is 1.31. The average molecular weight is 426 g/mol. The van der Waals surface area contributed by atoms with Crippen molar-refractivity contribution in [3.63, 3.8) is 0 Å². The van der Waals surface area contributed by atoms with Gasteiger partial charge in [0.25, 0.3) is 5.91 Å². The summed E-state index contributed by atoms with van der Waals surface area (Å²) in [6.07, 6.45) is 0.567.